The summed E-state index contributed by atoms with van der Waals surface area (Å²) in [6, 6.07) is 11.5. The summed E-state index contributed by atoms with van der Waals surface area (Å²) < 4.78 is 27.1. The van der Waals surface area contributed by atoms with Crippen molar-refractivity contribution in [2.45, 2.75) is 18.9 Å². The zero-order valence-electron chi connectivity index (χ0n) is 16.1. The van der Waals surface area contributed by atoms with E-state index in [1.165, 1.54) is 25.0 Å². The Morgan fingerprint density at radius 2 is 1.66 bits per heavy atom. The van der Waals surface area contributed by atoms with Crippen LogP contribution in [0.2, 0.25) is 0 Å². The highest BCUT2D eigenvalue weighted by molar-refractivity contribution is 5.93. The lowest BCUT2D eigenvalue weighted by Crippen LogP contribution is -2.37. The molecule has 1 aliphatic carbocycles. The minimum atomic E-state index is -0.568. The summed E-state index contributed by atoms with van der Waals surface area (Å²) in [5, 5.41) is 6.07. The van der Waals surface area contributed by atoms with Gasteiger partial charge >= 0.3 is 6.03 Å². The van der Waals surface area contributed by atoms with Gasteiger partial charge in [-0.25, -0.2) is 13.6 Å². The second kappa shape index (κ2) is 7.21. The third-order valence-electron chi connectivity index (χ3n) is 6.34. The second-order valence-corrected chi connectivity index (χ2v) is 8.16. The number of carbonyl (C=O) groups is 1. The first-order valence-corrected chi connectivity index (χ1v) is 10.2. The second-order valence-electron chi connectivity index (χ2n) is 8.16. The number of halogens is 2. The van der Waals surface area contributed by atoms with Crippen molar-refractivity contribution in [3.8, 4) is 0 Å². The predicted molar refractivity (Wildman–Crippen MR) is 109 cm³/mol. The summed E-state index contributed by atoms with van der Waals surface area (Å²) >= 11 is 0. The van der Waals surface area contributed by atoms with E-state index in [1.807, 2.05) is 29.2 Å². The Kier molecular flexibility index (Phi) is 4.53. The third-order valence-corrected chi connectivity index (χ3v) is 6.34. The van der Waals surface area contributed by atoms with Gasteiger partial charge in [-0.3, -0.25) is 0 Å². The number of carbonyl (C=O) groups excluding carboxylic acids is 1. The van der Waals surface area contributed by atoms with Crippen LogP contribution >= 0.6 is 0 Å². The molecular weight excluding hydrogens is 374 g/mol. The van der Waals surface area contributed by atoms with Gasteiger partial charge in [-0.05, 0) is 37.1 Å². The van der Waals surface area contributed by atoms with Crippen LogP contribution in [0, 0.1) is 23.5 Å². The Morgan fingerprint density at radius 3 is 2.38 bits per heavy atom. The first-order chi connectivity index (χ1) is 14.1. The average molecular weight is 398 g/mol. The van der Waals surface area contributed by atoms with Crippen molar-refractivity contribution in [1.29, 1.82) is 0 Å². The first kappa shape index (κ1) is 18.2. The molecule has 29 heavy (non-hydrogen) atoms. The number of para-hydroxylation sites is 2. The Balaban J connectivity index is 1.17. The molecule has 3 aliphatic rings. The summed E-state index contributed by atoms with van der Waals surface area (Å²) in [6.07, 6.45) is 2.36. The van der Waals surface area contributed by atoms with E-state index in [0.717, 1.165) is 30.5 Å². The van der Waals surface area contributed by atoms with Crippen LogP contribution in [0.25, 0.3) is 0 Å². The monoisotopic (exact) mass is 398 g/mol. The number of hydrogen-bond donors (Lipinski definition) is 2. The number of piperidine rings is 1. The molecule has 0 aromatic heterocycles. The maximum atomic E-state index is 14.0. The highest BCUT2D eigenvalue weighted by Gasteiger charge is 2.56. The van der Waals surface area contributed by atoms with E-state index in [9.17, 15) is 13.6 Å². The molecule has 2 aromatic rings. The molecule has 3 atom stereocenters. The van der Waals surface area contributed by atoms with E-state index in [1.54, 1.807) is 0 Å². The number of urea groups is 1. The van der Waals surface area contributed by atoms with Gasteiger partial charge < -0.3 is 20.4 Å². The lowest BCUT2D eigenvalue weighted by Gasteiger charge is -2.23. The lowest BCUT2D eigenvalue weighted by atomic mass is 10.2. The van der Waals surface area contributed by atoms with E-state index in [2.05, 4.69) is 15.5 Å². The Bertz CT molecular complexity index is 919. The minimum absolute atomic E-state index is 0.105. The zero-order chi connectivity index (χ0) is 20.0. The topological polar surface area (TPSA) is 47.6 Å². The number of nitrogens with zero attached hydrogens (tertiary/aromatic N) is 2. The number of fused-ring (bicyclic) bond motifs is 1. The van der Waals surface area contributed by atoms with Gasteiger partial charge in [0, 0.05) is 50.1 Å². The molecule has 5 rings (SSSR count). The van der Waals surface area contributed by atoms with Crippen molar-refractivity contribution in [3.05, 3.63) is 54.1 Å². The van der Waals surface area contributed by atoms with Crippen LogP contribution in [0.4, 0.5) is 30.6 Å². The highest BCUT2D eigenvalue weighted by atomic mass is 19.1. The molecule has 0 unspecified atom stereocenters. The van der Waals surface area contributed by atoms with E-state index in [4.69, 9.17) is 0 Å². The molecular formula is C22H24F2N4O. The van der Waals surface area contributed by atoms with Gasteiger partial charge in [0.2, 0.25) is 0 Å². The molecule has 5 nitrogen and oxygen atoms in total. The molecule has 1 saturated carbocycles. The number of nitrogens with one attached hydrogen (secondary N) is 2. The molecule has 0 spiro atoms. The van der Waals surface area contributed by atoms with E-state index in [0.29, 0.717) is 30.6 Å². The van der Waals surface area contributed by atoms with E-state index >= 15 is 0 Å². The van der Waals surface area contributed by atoms with Gasteiger partial charge in [0.15, 0.2) is 0 Å². The lowest BCUT2D eigenvalue weighted by molar-refractivity contribution is 0.250. The van der Waals surface area contributed by atoms with Gasteiger partial charge in [-0.1, -0.05) is 12.1 Å². The predicted octanol–water partition coefficient (Wildman–Crippen LogP) is 3.82. The molecule has 152 valence electrons. The number of amides is 2. The Morgan fingerprint density at radius 1 is 0.931 bits per heavy atom. The number of benzene rings is 2. The van der Waals surface area contributed by atoms with E-state index < -0.39 is 11.6 Å². The quantitative estimate of drug-likeness (QED) is 0.823. The van der Waals surface area contributed by atoms with Crippen LogP contribution in [0.1, 0.15) is 12.8 Å². The normalized spacial score (nSPS) is 25.1. The molecule has 0 radical (unpaired) electrons. The van der Waals surface area contributed by atoms with Crippen LogP contribution in [-0.2, 0) is 0 Å². The minimum Gasteiger partial charge on any atom is -0.370 e. The molecule has 2 heterocycles. The Labute approximate surface area is 168 Å². The standard InChI is InChI=1S/C22H24F2N4O/c23-14-7-8-19(17(24)11-14)28-12-15-16(13-28)21(15)26-22(29)25-18-5-1-2-6-20(18)27-9-3-4-10-27/h1-2,5-8,11,15-16,21H,3-4,9-10,12-13H2,(H2,25,26,29)/t15-,16+,21+. The Hall–Kier alpha value is -2.83. The largest absolute Gasteiger partial charge is 0.370 e. The van der Waals surface area contributed by atoms with Crippen LogP contribution in [0.3, 0.4) is 0 Å². The first-order valence-electron chi connectivity index (χ1n) is 10.2. The molecule has 2 saturated heterocycles. The average Bonchev–Trinajstić information content (AvgIpc) is 3.13. The molecule has 7 heteroatoms. The fourth-order valence-corrected chi connectivity index (χ4v) is 4.80. The number of anilines is 3. The molecule has 0 bridgehead atoms. The maximum absolute atomic E-state index is 14.0. The van der Waals surface area contributed by atoms with Crippen LogP contribution < -0.4 is 20.4 Å². The molecule has 2 amide bonds. The van der Waals surface area contributed by atoms with Crippen molar-refractivity contribution in [2.24, 2.45) is 11.8 Å². The fourth-order valence-electron chi connectivity index (χ4n) is 4.80. The van der Waals surface area contributed by atoms with Gasteiger partial charge in [0.05, 0.1) is 17.1 Å². The summed E-state index contributed by atoms with van der Waals surface area (Å²) in [4.78, 5) is 16.8. The summed E-state index contributed by atoms with van der Waals surface area (Å²) in [6.45, 7) is 3.37. The van der Waals surface area contributed by atoms with Crippen molar-refractivity contribution < 1.29 is 13.6 Å². The van der Waals surface area contributed by atoms with Crippen molar-refractivity contribution in [3.63, 3.8) is 0 Å². The number of hydrogen-bond acceptors (Lipinski definition) is 3. The van der Waals surface area contributed by atoms with E-state index in [-0.39, 0.29) is 12.1 Å². The summed E-state index contributed by atoms with van der Waals surface area (Å²) in [5.41, 5.74) is 2.32. The van der Waals surface area contributed by atoms with Crippen molar-refractivity contribution in [1.82, 2.24) is 5.32 Å². The third kappa shape index (κ3) is 3.50. The SMILES string of the molecule is O=C(Nc1ccccc1N1CCCC1)N[C@H]1[C@@H]2CN(c3ccc(F)cc3F)C[C@@H]21. The molecule has 3 fully saturated rings. The molecule has 2 aliphatic heterocycles. The number of rotatable bonds is 4. The summed E-state index contributed by atoms with van der Waals surface area (Å²) in [5.74, 6) is -0.494. The van der Waals surface area contributed by atoms with Gasteiger partial charge in [-0.15, -0.1) is 0 Å². The smallest absolute Gasteiger partial charge is 0.319 e. The molecule has 2 N–H and O–H groups in total. The van der Waals surface area contributed by atoms with Crippen LogP contribution in [0.15, 0.2) is 42.5 Å². The highest BCUT2D eigenvalue weighted by Crippen LogP contribution is 2.47. The van der Waals surface area contributed by atoms with Crippen molar-refractivity contribution in [2.75, 3.05) is 41.3 Å². The van der Waals surface area contributed by atoms with Crippen LogP contribution in [0.5, 0.6) is 0 Å². The van der Waals surface area contributed by atoms with Gasteiger partial charge in [0.25, 0.3) is 0 Å². The van der Waals surface area contributed by atoms with Gasteiger partial charge in [-0.2, -0.15) is 0 Å². The molecule has 2 aromatic carbocycles. The van der Waals surface area contributed by atoms with Gasteiger partial charge in [0.1, 0.15) is 11.6 Å². The van der Waals surface area contributed by atoms with Crippen molar-refractivity contribution >= 4 is 23.1 Å². The fraction of sp³-hybridized carbons (Fsp3) is 0.409. The maximum Gasteiger partial charge on any atom is 0.319 e. The zero-order valence-corrected chi connectivity index (χ0v) is 16.1. The van der Waals surface area contributed by atoms with Crippen LogP contribution in [-0.4, -0.2) is 38.3 Å². The summed E-state index contributed by atoms with van der Waals surface area (Å²) in [7, 11) is 0.